The van der Waals surface area contributed by atoms with E-state index in [4.69, 9.17) is 4.84 Å². The van der Waals surface area contributed by atoms with Gasteiger partial charge < -0.3 is 4.79 Å². The summed E-state index contributed by atoms with van der Waals surface area (Å²) in [5.41, 5.74) is 2.33. The van der Waals surface area contributed by atoms with Crippen molar-refractivity contribution < 1.29 is 9.63 Å². The van der Waals surface area contributed by atoms with Crippen molar-refractivity contribution in [3.8, 4) is 0 Å². The molecule has 0 spiro atoms. The number of carbonyl (C=O) groups is 1. The number of carbonyl (C=O) groups excluding carboxylic acids is 1. The predicted molar refractivity (Wildman–Crippen MR) is 94.2 cm³/mol. The average Bonchev–Trinajstić information content (AvgIpc) is 3.04. The lowest BCUT2D eigenvalue weighted by Crippen LogP contribution is -2.25. The third-order valence-corrected chi connectivity index (χ3v) is 4.65. The molecule has 3 heteroatoms. The van der Waals surface area contributed by atoms with Crippen molar-refractivity contribution >= 4 is 17.1 Å². The predicted octanol–water partition coefficient (Wildman–Crippen LogP) is 4.14. The smallest absolute Gasteiger partial charge is 0.127 e. The number of hydrogen-bond donors (Lipinski definition) is 0. The van der Waals surface area contributed by atoms with Crippen LogP contribution >= 0.6 is 0 Å². The molecule has 1 aliphatic rings. The second-order valence-corrected chi connectivity index (χ2v) is 6.17. The van der Waals surface area contributed by atoms with Crippen LogP contribution < -0.4 is 0 Å². The number of benzene rings is 3. The number of hydrogen-bond acceptors (Lipinski definition) is 3. The van der Waals surface area contributed by atoms with Gasteiger partial charge in [0.2, 0.25) is 0 Å². The van der Waals surface area contributed by atoms with Gasteiger partial charge in [0, 0.05) is 6.54 Å². The Morgan fingerprint density at radius 3 is 2.54 bits per heavy atom. The lowest BCUT2D eigenvalue weighted by atomic mass is 9.91. The second-order valence-electron chi connectivity index (χ2n) is 6.17. The molecule has 1 saturated heterocycles. The van der Waals surface area contributed by atoms with Crippen LogP contribution in [0.4, 0.5) is 0 Å². The van der Waals surface area contributed by atoms with Gasteiger partial charge in [-0.3, -0.25) is 4.84 Å². The molecular weight excluding hydrogens is 298 g/mol. The van der Waals surface area contributed by atoms with E-state index in [1.54, 1.807) is 0 Å². The van der Waals surface area contributed by atoms with Crippen LogP contribution in [0.3, 0.4) is 0 Å². The first-order chi connectivity index (χ1) is 11.9. The van der Waals surface area contributed by atoms with Crippen molar-refractivity contribution in [3.05, 3.63) is 83.9 Å². The fourth-order valence-corrected chi connectivity index (χ4v) is 3.48. The van der Waals surface area contributed by atoms with Gasteiger partial charge in [-0.15, -0.1) is 0 Å². The van der Waals surface area contributed by atoms with Gasteiger partial charge in [-0.05, 0) is 21.9 Å². The first-order valence-electron chi connectivity index (χ1n) is 8.23. The summed E-state index contributed by atoms with van der Waals surface area (Å²) in [7, 11) is 0. The lowest BCUT2D eigenvalue weighted by molar-refractivity contribution is -0.140. The first-order valence-corrected chi connectivity index (χ1v) is 8.23. The SMILES string of the molecule is O=C[C@@H]1CON(Cc2ccccc2)[C@H]1c1cccc2ccccc12. The molecule has 0 amide bonds. The molecule has 1 aliphatic heterocycles. The van der Waals surface area contributed by atoms with Crippen molar-refractivity contribution in [2.75, 3.05) is 6.61 Å². The fourth-order valence-electron chi connectivity index (χ4n) is 3.48. The van der Waals surface area contributed by atoms with Crippen LogP contribution in [-0.4, -0.2) is 18.0 Å². The van der Waals surface area contributed by atoms with Gasteiger partial charge in [0.05, 0.1) is 18.6 Å². The summed E-state index contributed by atoms with van der Waals surface area (Å²) >= 11 is 0. The molecular formula is C21H19NO2. The molecule has 1 heterocycles. The maximum Gasteiger partial charge on any atom is 0.127 e. The molecule has 2 atom stereocenters. The number of nitrogens with zero attached hydrogens (tertiary/aromatic N) is 1. The van der Waals surface area contributed by atoms with Gasteiger partial charge in [0.15, 0.2) is 0 Å². The average molecular weight is 317 g/mol. The maximum atomic E-state index is 11.6. The minimum Gasteiger partial charge on any atom is -0.303 e. The van der Waals surface area contributed by atoms with Gasteiger partial charge in [0.1, 0.15) is 6.29 Å². The number of rotatable bonds is 4. The molecule has 0 aromatic heterocycles. The van der Waals surface area contributed by atoms with Gasteiger partial charge in [-0.25, -0.2) is 0 Å². The summed E-state index contributed by atoms with van der Waals surface area (Å²) in [5, 5.41) is 4.32. The Kier molecular flexibility index (Phi) is 4.11. The summed E-state index contributed by atoms with van der Waals surface area (Å²) in [5.74, 6) is -0.153. The largest absolute Gasteiger partial charge is 0.303 e. The molecule has 0 bridgehead atoms. The topological polar surface area (TPSA) is 29.5 Å². The standard InChI is InChI=1S/C21H19NO2/c23-14-18-15-24-22(13-16-7-2-1-3-8-16)21(18)20-12-6-10-17-9-4-5-11-19(17)20/h1-12,14,18,21H,13,15H2/t18-,21-/m1/s1. The Balaban J connectivity index is 1.75. The van der Waals surface area contributed by atoms with Crippen molar-refractivity contribution in [2.24, 2.45) is 5.92 Å². The van der Waals surface area contributed by atoms with Crippen LogP contribution in [0, 0.1) is 5.92 Å². The maximum absolute atomic E-state index is 11.6. The molecule has 24 heavy (non-hydrogen) atoms. The number of fused-ring (bicyclic) bond motifs is 1. The van der Waals surface area contributed by atoms with E-state index in [9.17, 15) is 4.79 Å². The van der Waals surface area contributed by atoms with Crippen LogP contribution in [0.5, 0.6) is 0 Å². The summed E-state index contributed by atoms with van der Waals surface area (Å²) in [4.78, 5) is 17.5. The molecule has 0 saturated carbocycles. The third kappa shape index (κ3) is 2.73. The molecule has 0 aliphatic carbocycles. The van der Waals surface area contributed by atoms with E-state index in [-0.39, 0.29) is 12.0 Å². The van der Waals surface area contributed by atoms with E-state index in [2.05, 4.69) is 42.5 Å². The van der Waals surface area contributed by atoms with E-state index >= 15 is 0 Å². The lowest BCUT2D eigenvalue weighted by Gasteiger charge is -2.25. The highest BCUT2D eigenvalue weighted by Gasteiger charge is 2.37. The summed E-state index contributed by atoms with van der Waals surface area (Å²) in [6.45, 7) is 1.10. The molecule has 120 valence electrons. The Morgan fingerprint density at radius 2 is 1.71 bits per heavy atom. The van der Waals surface area contributed by atoms with Crippen LogP contribution in [-0.2, 0) is 16.2 Å². The Labute approximate surface area is 141 Å². The molecule has 3 nitrogen and oxygen atoms in total. The normalized spacial score (nSPS) is 21.2. The van der Waals surface area contributed by atoms with Crippen LogP contribution in [0.1, 0.15) is 17.2 Å². The second kappa shape index (κ2) is 6.56. The fraction of sp³-hybridized carbons (Fsp3) is 0.190. The van der Waals surface area contributed by atoms with E-state index in [0.717, 1.165) is 11.8 Å². The van der Waals surface area contributed by atoms with E-state index < -0.39 is 0 Å². The van der Waals surface area contributed by atoms with E-state index in [1.807, 2.05) is 35.4 Å². The molecule has 3 aromatic rings. The molecule has 4 rings (SSSR count). The number of aldehydes is 1. The van der Waals surface area contributed by atoms with Gasteiger partial charge in [-0.1, -0.05) is 72.8 Å². The van der Waals surface area contributed by atoms with Crippen molar-refractivity contribution in [2.45, 2.75) is 12.6 Å². The summed E-state index contributed by atoms with van der Waals surface area (Å²) in [6.07, 6.45) is 1.03. The van der Waals surface area contributed by atoms with Gasteiger partial charge in [0.25, 0.3) is 0 Å². The molecule has 1 fully saturated rings. The summed E-state index contributed by atoms with van der Waals surface area (Å²) < 4.78 is 0. The minimum atomic E-state index is -0.153. The minimum absolute atomic E-state index is 0.0613. The van der Waals surface area contributed by atoms with Gasteiger partial charge in [-0.2, -0.15) is 5.06 Å². The molecule has 0 unspecified atom stereocenters. The van der Waals surface area contributed by atoms with Crippen molar-refractivity contribution in [1.29, 1.82) is 0 Å². The Morgan fingerprint density at radius 1 is 0.958 bits per heavy atom. The molecule has 0 radical (unpaired) electrons. The molecule has 3 aromatic carbocycles. The quantitative estimate of drug-likeness (QED) is 0.677. The zero-order chi connectivity index (χ0) is 16.4. The van der Waals surface area contributed by atoms with Crippen LogP contribution in [0.25, 0.3) is 10.8 Å². The monoisotopic (exact) mass is 317 g/mol. The zero-order valence-electron chi connectivity index (χ0n) is 13.3. The number of hydroxylamine groups is 2. The highest BCUT2D eigenvalue weighted by atomic mass is 16.7. The van der Waals surface area contributed by atoms with Crippen LogP contribution in [0.15, 0.2) is 72.8 Å². The Bertz CT molecular complexity index is 841. The highest BCUT2D eigenvalue weighted by molar-refractivity contribution is 5.86. The zero-order valence-corrected chi connectivity index (χ0v) is 13.3. The molecule has 0 N–H and O–H groups in total. The van der Waals surface area contributed by atoms with E-state index in [1.165, 1.54) is 16.3 Å². The van der Waals surface area contributed by atoms with Gasteiger partial charge >= 0.3 is 0 Å². The van der Waals surface area contributed by atoms with Crippen molar-refractivity contribution in [1.82, 2.24) is 5.06 Å². The third-order valence-electron chi connectivity index (χ3n) is 4.65. The Hall–Kier alpha value is -2.49. The van der Waals surface area contributed by atoms with Crippen LogP contribution in [0.2, 0.25) is 0 Å². The highest BCUT2D eigenvalue weighted by Crippen LogP contribution is 2.38. The van der Waals surface area contributed by atoms with E-state index in [0.29, 0.717) is 13.2 Å². The van der Waals surface area contributed by atoms with Crippen molar-refractivity contribution in [3.63, 3.8) is 0 Å². The first kappa shape index (κ1) is 15.1. The summed E-state index contributed by atoms with van der Waals surface area (Å²) in [6, 6.07) is 24.7.